The number of thiazole rings is 1. The molecule has 6 heteroatoms. The molecular formula is C16H29N3O2S. The molecule has 1 atom stereocenters. The number of nitrogens with zero attached hydrogens (tertiary/aromatic N) is 1. The Labute approximate surface area is 137 Å². The summed E-state index contributed by atoms with van der Waals surface area (Å²) in [6.07, 6.45) is -0.353. The number of alkyl carbamates (subject to hydrolysis) is 1. The van der Waals surface area contributed by atoms with Crippen molar-refractivity contribution in [3.8, 4) is 0 Å². The highest BCUT2D eigenvalue weighted by atomic mass is 32.1. The Morgan fingerprint density at radius 2 is 2.05 bits per heavy atom. The maximum Gasteiger partial charge on any atom is 0.407 e. The summed E-state index contributed by atoms with van der Waals surface area (Å²) >= 11 is 1.66. The van der Waals surface area contributed by atoms with Gasteiger partial charge in [-0.1, -0.05) is 13.8 Å². The van der Waals surface area contributed by atoms with Gasteiger partial charge in [0.2, 0.25) is 0 Å². The first-order valence-corrected chi connectivity index (χ1v) is 8.64. The molecule has 0 aliphatic rings. The monoisotopic (exact) mass is 327 g/mol. The minimum atomic E-state index is -0.460. The number of hydrogen-bond donors (Lipinski definition) is 2. The van der Waals surface area contributed by atoms with Gasteiger partial charge in [-0.2, -0.15) is 0 Å². The Bertz CT molecular complexity index is 466. The van der Waals surface area contributed by atoms with Gasteiger partial charge in [-0.3, -0.25) is 0 Å². The highest BCUT2D eigenvalue weighted by Crippen LogP contribution is 2.11. The second kappa shape index (κ2) is 8.48. The van der Waals surface area contributed by atoms with Gasteiger partial charge in [0, 0.05) is 25.0 Å². The summed E-state index contributed by atoms with van der Waals surface area (Å²) in [5.41, 5.74) is 0.614. The van der Waals surface area contributed by atoms with E-state index in [4.69, 9.17) is 4.74 Å². The summed E-state index contributed by atoms with van der Waals surface area (Å²) in [5.74, 6) is 0.826. The van der Waals surface area contributed by atoms with E-state index >= 15 is 0 Å². The van der Waals surface area contributed by atoms with E-state index in [2.05, 4.69) is 34.8 Å². The second-order valence-corrected chi connectivity index (χ2v) is 7.94. The quantitative estimate of drug-likeness (QED) is 0.806. The predicted octanol–water partition coefficient (Wildman–Crippen LogP) is 3.34. The number of aromatic nitrogens is 1. The number of hydrogen-bond acceptors (Lipinski definition) is 5. The molecule has 0 saturated carbocycles. The van der Waals surface area contributed by atoms with Crippen LogP contribution in [0.1, 0.15) is 45.3 Å². The summed E-state index contributed by atoms with van der Waals surface area (Å²) in [7, 11) is 0. The lowest BCUT2D eigenvalue weighted by molar-refractivity contribution is 0.0515. The van der Waals surface area contributed by atoms with Crippen molar-refractivity contribution in [1.29, 1.82) is 0 Å². The van der Waals surface area contributed by atoms with Crippen LogP contribution in [0.2, 0.25) is 0 Å². The molecule has 1 rings (SSSR count). The summed E-state index contributed by atoms with van der Waals surface area (Å²) < 4.78 is 5.27. The normalized spacial score (nSPS) is 13.2. The zero-order valence-corrected chi connectivity index (χ0v) is 15.3. The fourth-order valence-electron chi connectivity index (χ4n) is 1.95. The van der Waals surface area contributed by atoms with E-state index < -0.39 is 5.60 Å². The van der Waals surface area contributed by atoms with Gasteiger partial charge in [-0.15, -0.1) is 11.3 Å². The first-order valence-electron chi connectivity index (χ1n) is 7.76. The zero-order chi connectivity index (χ0) is 16.8. The van der Waals surface area contributed by atoms with E-state index in [9.17, 15) is 4.79 Å². The number of amides is 1. The van der Waals surface area contributed by atoms with Crippen molar-refractivity contribution in [3.63, 3.8) is 0 Å². The van der Waals surface area contributed by atoms with E-state index in [1.807, 2.05) is 27.7 Å². The standard InChI is InChI=1S/C16H29N3O2S/c1-11(2)13(8-18-15(20)21-16(4,5)6)7-17-9-14-10-22-12(3)19-14/h10-11,13,17H,7-9H2,1-6H3,(H,18,20). The lowest BCUT2D eigenvalue weighted by atomic mass is 9.96. The molecular weight excluding hydrogens is 298 g/mol. The molecule has 0 aliphatic carbocycles. The van der Waals surface area contributed by atoms with E-state index in [0.29, 0.717) is 18.4 Å². The first-order chi connectivity index (χ1) is 10.2. The molecule has 0 spiro atoms. The molecule has 1 aromatic rings. The Balaban J connectivity index is 2.34. The number of rotatable bonds is 7. The zero-order valence-electron chi connectivity index (χ0n) is 14.5. The lowest BCUT2D eigenvalue weighted by Gasteiger charge is -2.24. The van der Waals surface area contributed by atoms with Crippen molar-refractivity contribution >= 4 is 17.4 Å². The van der Waals surface area contributed by atoms with Gasteiger partial charge >= 0.3 is 6.09 Å². The molecule has 1 heterocycles. The summed E-state index contributed by atoms with van der Waals surface area (Å²) in [6, 6.07) is 0. The molecule has 5 nitrogen and oxygen atoms in total. The number of aryl methyl sites for hydroxylation is 1. The minimum Gasteiger partial charge on any atom is -0.444 e. The molecule has 1 aromatic heterocycles. The van der Waals surface area contributed by atoms with Crippen molar-refractivity contribution in [1.82, 2.24) is 15.6 Å². The Morgan fingerprint density at radius 3 is 2.55 bits per heavy atom. The van der Waals surface area contributed by atoms with Gasteiger partial charge in [-0.05, 0) is 39.5 Å². The van der Waals surface area contributed by atoms with Crippen molar-refractivity contribution < 1.29 is 9.53 Å². The molecule has 0 saturated heterocycles. The van der Waals surface area contributed by atoms with E-state index in [-0.39, 0.29) is 6.09 Å². The first kappa shape index (κ1) is 18.9. The maximum absolute atomic E-state index is 11.7. The topological polar surface area (TPSA) is 63.2 Å². The van der Waals surface area contributed by atoms with Crippen LogP contribution in [-0.4, -0.2) is 29.8 Å². The fourth-order valence-corrected chi connectivity index (χ4v) is 2.56. The summed E-state index contributed by atoms with van der Waals surface area (Å²) in [6.45, 7) is 14.1. The molecule has 2 N–H and O–H groups in total. The van der Waals surface area contributed by atoms with Crippen LogP contribution in [0.4, 0.5) is 4.79 Å². The van der Waals surface area contributed by atoms with Crippen molar-refractivity contribution in [3.05, 3.63) is 16.1 Å². The number of carbonyl (C=O) groups is 1. The molecule has 0 fully saturated rings. The highest BCUT2D eigenvalue weighted by Gasteiger charge is 2.19. The molecule has 0 aromatic carbocycles. The SMILES string of the molecule is Cc1nc(CNCC(CNC(=O)OC(C)(C)C)C(C)C)cs1. The van der Waals surface area contributed by atoms with E-state index in [1.165, 1.54) is 0 Å². The van der Waals surface area contributed by atoms with Crippen LogP contribution in [0, 0.1) is 18.8 Å². The van der Waals surface area contributed by atoms with Gasteiger partial charge < -0.3 is 15.4 Å². The number of nitrogens with one attached hydrogen (secondary N) is 2. The molecule has 126 valence electrons. The van der Waals surface area contributed by atoms with Gasteiger partial charge in [0.05, 0.1) is 10.7 Å². The van der Waals surface area contributed by atoms with Gasteiger partial charge in [0.1, 0.15) is 5.60 Å². The Morgan fingerprint density at radius 1 is 1.36 bits per heavy atom. The van der Waals surface area contributed by atoms with Crippen LogP contribution in [0.25, 0.3) is 0 Å². The largest absolute Gasteiger partial charge is 0.444 e. The summed E-state index contributed by atoms with van der Waals surface area (Å²) in [5, 5.41) is 9.44. The summed E-state index contributed by atoms with van der Waals surface area (Å²) in [4.78, 5) is 16.2. The van der Waals surface area contributed by atoms with Gasteiger partial charge in [-0.25, -0.2) is 9.78 Å². The third kappa shape index (κ3) is 7.75. The molecule has 0 radical (unpaired) electrons. The highest BCUT2D eigenvalue weighted by molar-refractivity contribution is 7.09. The second-order valence-electron chi connectivity index (χ2n) is 6.88. The predicted molar refractivity (Wildman–Crippen MR) is 91.1 cm³/mol. The molecule has 0 bridgehead atoms. The van der Waals surface area contributed by atoms with Crippen molar-refractivity contribution in [2.24, 2.45) is 11.8 Å². The smallest absolute Gasteiger partial charge is 0.407 e. The van der Waals surface area contributed by atoms with Crippen LogP contribution in [0.3, 0.4) is 0 Å². The van der Waals surface area contributed by atoms with Gasteiger partial charge in [0.25, 0.3) is 0 Å². The number of carbonyl (C=O) groups excluding carboxylic acids is 1. The third-order valence-electron chi connectivity index (χ3n) is 3.23. The third-order valence-corrected chi connectivity index (χ3v) is 4.05. The Kier molecular flexibility index (Phi) is 7.29. The Hall–Kier alpha value is -1.14. The average molecular weight is 327 g/mol. The van der Waals surface area contributed by atoms with Crippen LogP contribution >= 0.6 is 11.3 Å². The van der Waals surface area contributed by atoms with Gasteiger partial charge in [0.15, 0.2) is 0 Å². The van der Waals surface area contributed by atoms with Crippen molar-refractivity contribution in [2.45, 2.75) is 53.7 Å². The number of ether oxygens (including phenoxy) is 1. The average Bonchev–Trinajstić information content (AvgIpc) is 2.76. The van der Waals surface area contributed by atoms with E-state index in [0.717, 1.165) is 23.8 Å². The minimum absolute atomic E-state index is 0.353. The van der Waals surface area contributed by atoms with Crippen LogP contribution < -0.4 is 10.6 Å². The van der Waals surface area contributed by atoms with E-state index in [1.54, 1.807) is 11.3 Å². The maximum atomic E-state index is 11.7. The van der Waals surface area contributed by atoms with Crippen molar-refractivity contribution in [2.75, 3.05) is 13.1 Å². The van der Waals surface area contributed by atoms with Crippen LogP contribution in [-0.2, 0) is 11.3 Å². The molecule has 1 amide bonds. The van der Waals surface area contributed by atoms with Crippen LogP contribution in [0.15, 0.2) is 5.38 Å². The molecule has 22 heavy (non-hydrogen) atoms. The van der Waals surface area contributed by atoms with Crippen LogP contribution in [0.5, 0.6) is 0 Å². The molecule has 1 unspecified atom stereocenters. The lowest BCUT2D eigenvalue weighted by Crippen LogP contribution is -2.39. The molecule has 0 aliphatic heterocycles. The fraction of sp³-hybridized carbons (Fsp3) is 0.750.